The average molecular weight is 321 g/mol. The number of hydrogen-bond donors (Lipinski definition) is 1. The summed E-state index contributed by atoms with van der Waals surface area (Å²) in [6.45, 7) is 4.93. The lowest BCUT2D eigenvalue weighted by Gasteiger charge is -2.19. The summed E-state index contributed by atoms with van der Waals surface area (Å²) in [6, 6.07) is 2.05. The summed E-state index contributed by atoms with van der Waals surface area (Å²) in [5.74, 6) is -1.52. The molecule has 0 saturated carbocycles. The third-order valence-electron chi connectivity index (χ3n) is 2.56. The lowest BCUT2D eigenvalue weighted by Crippen LogP contribution is -2.35. The van der Waals surface area contributed by atoms with Crippen LogP contribution in [-0.4, -0.2) is 30.4 Å². The quantitative estimate of drug-likeness (QED) is 0.846. The number of carbonyl (C=O) groups is 1. The Morgan fingerprint density at radius 1 is 1.28 bits per heavy atom. The summed E-state index contributed by atoms with van der Waals surface area (Å²) in [5.41, 5.74) is 0.101. The Balaban J connectivity index is 2.69. The molecule has 0 bridgehead atoms. The van der Waals surface area contributed by atoms with Gasteiger partial charge in [0.1, 0.15) is 11.6 Å². The van der Waals surface area contributed by atoms with Gasteiger partial charge in [-0.05, 0) is 35.8 Å². The zero-order chi connectivity index (χ0) is 13.7. The predicted molar refractivity (Wildman–Crippen MR) is 70.5 cm³/mol. The molecule has 6 heteroatoms. The van der Waals surface area contributed by atoms with Gasteiger partial charge < -0.3 is 10.2 Å². The van der Waals surface area contributed by atoms with Crippen LogP contribution in [0.1, 0.15) is 13.8 Å². The van der Waals surface area contributed by atoms with Crippen molar-refractivity contribution < 1.29 is 13.6 Å². The number of anilines is 1. The fourth-order valence-corrected chi connectivity index (χ4v) is 1.86. The van der Waals surface area contributed by atoms with Crippen molar-refractivity contribution in [2.45, 2.75) is 13.8 Å². The maximum atomic E-state index is 13.4. The van der Waals surface area contributed by atoms with Crippen LogP contribution >= 0.6 is 15.9 Å². The van der Waals surface area contributed by atoms with Gasteiger partial charge in [0.05, 0.1) is 16.7 Å². The molecule has 0 aliphatic rings. The van der Waals surface area contributed by atoms with Crippen LogP contribution in [-0.2, 0) is 4.79 Å². The highest BCUT2D eigenvalue weighted by molar-refractivity contribution is 9.10. The number of benzene rings is 1. The van der Waals surface area contributed by atoms with Gasteiger partial charge in [-0.1, -0.05) is 0 Å². The van der Waals surface area contributed by atoms with Gasteiger partial charge in [-0.15, -0.1) is 0 Å². The van der Waals surface area contributed by atoms with E-state index < -0.39 is 11.6 Å². The zero-order valence-corrected chi connectivity index (χ0v) is 11.9. The minimum absolute atomic E-state index is 0.0172. The average Bonchev–Trinajstić information content (AvgIpc) is 2.33. The second-order valence-electron chi connectivity index (χ2n) is 3.67. The summed E-state index contributed by atoms with van der Waals surface area (Å²) in [5, 5.41) is 2.67. The van der Waals surface area contributed by atoms with Gasteiger partial charge in [-0.3, -0.25) is 4.79 Å². The Morgan fingerprint density at radius 3 is 2.44 bits per heavy atom. The summed E-state index contributed by atoms with van der Waals surface area (Å²) in [4.78, 5) is 13.3. The second kappa shape index (κ2) is 6.68. The first kappa shape index (κ1) is 14.9. The maximum absolute atomic E-state index is 13.4. The maximum Gasteiger partial charge on any atom is 0.241 e. The molecule has 0 fully saturated rings. The highest BCUT2D eigenvalue weighted by atomic mass is 79.9. The van der Waals surface area contributed by atoms with Gasteiger partial charge in [0.25, 0.3) is 0 Å². The number of rotatable bonds is 5. The van der Waals surface area contributed by atoms with Gasteiger partial charge in [-0.2, -0.15) is 0 Å². The molecule has 0 heterocycles. The largest absolute Gasteiger partial charge is 0.374 e. The number of nitrogens with one attached hydrogen (secondary N) is 1. The monoisotopic (exact) mass is 320 g/mol. The Bertz CT molecular complexity index is 436. The number of amides is 1. The van der Waals surface area contributed by atoms with Crippen LogP contribution in [0.5, 0.6) is 0 Å². The second-order valence-corrected chi connectivity index (χ2v) is 4.52. The van der Waals surface area contributed by atoms with E-state index in [1.165, 1.54) is 6.07 Å². The first-order valence-electron chi connectivity index (χ1n) is 5.65. The number of hydrogen-bond acceptors (Lipinski definition) is 2. The Kier molecular flexibility index (Phi) is 5.53. The number of halogens is 3. The molecule has 1 rings (SSSR count). The van der Waals surface area contributed by atoms with Crippen molar-refractivity contribution in [2.24, 2.45) is 0 Å². The smallest absolute Gasteiger partial charge is 0.241 e. The first-order valence-corrected chi connectivity index (χ1v) is 6.45. The molecule has 18 heavy (non-hydrogen) atoms. The minimum Gasteiger partial charge on any atom is -0.374 e. The Hall–Kier alpha value is -1.17. The Labute approximate surface area is 113 Å². The fraction of sp³-hybridized carbons (Fsp3) is 0.417. The van der Waals surface area contributed by atoms with E-state index in [4.69, 9.17) is 0 Å². The molecular formula is C12H15BrF2N2O. The normalized spacial score (nSPS) is 10.3. The standard InChI is InChI=1S/C12H15BrF2N2O/c1-3-17(4-2)12(18)7-16-11-5-8(13)9(14)6-10(11)15/h5-6,16H,3-4,7H2,1-2H3. The molecule has 1 aromatic carbocycles. The van der Waals surface area contributed by atoms with Gasteiger partial charge in [-0.25, -0.2) is 8.78 Å². The zero-order valence-electron chi connectivity index (χ0n) is 10.3. The summed E-state index contributed by atoms with van der Waals surface area (Å²) in [7, 11) is 0. The van der Waals surface area contributed by atoms with E-state index in [9.17, 15) is 13.6 Å². The molecule has 0 aliphatic heterocycles. The van der Waals surface area contributed by atoms with Crippen molar-refractivity contribution in [2.75, 3.05) is 25.0 Å². The van der Waals surface area contributed by atoms with Crippen LogP contribution in [0.15, 0.2) is 16.6 Å². The molecule has 0 aliphatic carbocycles. The van der Waals surface area contributed by atoms with Crippen molar-refractivity contribution >= 4 is 27.5 Å². The van der Waals surface area contributed by atoms with E-state index >= 15 is 0 Å². The molecule has 0 saturated heterocycles. The molecule has 0 radical (unpaired) electrons. The van der Waals surface area contributed by atoms with E-state index in [-0.39, 0.29) is 22.6 Å². The molecule has 0 unspecified atom stereocenters. The molecule has 1 N–H and O–H groups in total. The van der Waals surface area contributed by atoms with Crippen LogP contribution in [0.4, 0.5) is 14.5 Å². The van der Waals surface area contributed by atoms with E-state index in [2.05, 4.69) is 21.2 Å². The molecular weight excluding hydrogens is 306 g/mol. The van der Waals surface area contributed by atoms with E-state index in [0.717, 1.165) is 6.07 Å². The highest BCUT2D eigenvalue weighted by Crippen LogP contribution is 2.23. The van der Waals surface area contributed by atoms with Crippen molar-refractivity contribution in [3.05, 3.63) is 28.2 Å². The van der Waals surface area contributed by atoms with E-state index in [1.807, 2.05) is 13.8 Å². The highest BCUT2D eigenvalue weighted by Gasteiger charge is 2.12. The van der Waals surface area contributed by atoms with Gasteiger partial charge in [0.2, 0.25) is 5.91 Å². The van der Waals surface area contributed by atoms with Crippen molar-refractivity contribution in [1.29, 1.82) is 0 Å². The SMILES string of the molecule is CCN(CC)C(=O)CNc1cc(Br)c(F)cc1F. The summed E-state index contributed by atoms with van der Waals surface area (Å²) < 4.78 is 26.6. The minimum atomic E-state index is -0.719. The van der Waals surface area contributed by atoms with Gasteiger partial charge in [0, 0.05) is 19.2 Å². The number of likely N-dealkylation sites (N-methyl/N-ethyl adjacent to an activating group) is 1. The third kappa shape index (κ3) is 3.66. The van der Waals surface area contributed by atoms with Crippen LogP contribution in [0.2, 0.25) is 0 Å². The fourth-order valence-electron chi connectivity index (χ4n) is 1.52. The molecule has 0 spiro atoms. The predicted octanol–water partition coefficient (Wildman–Crippen LogP) is 3.01. The van der Waals surface area contributed by atoms with Crippen molar-refractivity contribution in [3.8, 4) is 0 Å². The molecule has 0 atom stereocenters. The molecule has 1 amide bonds. The molecule has 3 nitrogen and oxygen atoms in total. The molecule has 0 aromatic heterocycles. The number of nitrogens with zero attached hydrogens (tertiary/aromatic N) is 1. The van der Waals surface area contributed by atoms with Gasteiger partial charge in [0.15, 0.2) is 0 Å². The Morgan fingerprint density at radius 2 is 1.89 bits per heavy atom. The van der Waals surface area contributed by atoms with E-state index in [1.54, 1.807) is 4.90 Å². The first-order chi connectivity index (χ1) is 8.49. The third-order valence-corrected chi connectivity index (χ3v) is 3.16. The summed E-state index contributed by atoms with van der Waals surface area (Å²) >= 11 is 2.97. The number of carbonyl (C=O) groups excluding carboxylic acids is 1. The van der Waals surface area contributed by atoms with Crippen molar-refractivity contribution in [1.82, 2.24) is 4.90 Å². The van der Waals surface area contributed by atoms with Crippen LogP contribution < -0.4 is 5.32 Å². The topological polar surface area (TPSA) is 32.3 Å². The summed E-state index contributed by atoms with van der Waals surface area (Å²) in [6.07, 6.45) is 0. The lowest BCUT2D eigenvalue weighted by atomic mass is 10.3. The molecule has 1 aromatic rings. The van der Waals surface area contributed by atoms with Crippen molar-refractivity contribution in [3.63, 3.8) is 0 Å². The van der Waals surface area contributed by atoms with Crippen LogP contribution in [0.25, 0.3) is 0 Å². The van der Waals surface area contributed by atoms with Crippen LogP contribution in [0, 0.1) is 11.6 Å². The van der Waals surface area contributed by atoms with Crippen LogP contribution in [0.3, 0.4) is 0 Å². The van der Waals surface area contributed by atoms with Gasteiger partial charge >= 0.3 is 0 Å². The van der Waals surface area contributed by atoms with E-state index in [0.29, 0.717) is 13.1 Å². The molecule has 100 valence electrons. The lowest BCUT2D eigenvalue weighted by molar-refractivity contribution is -0.128.